The maximum atomic E-state index is 10.2. The normalized spacial score (nSPS) is 37.2. The molecule has 2 saturated carbocycles. The highest BCUT2D eigenvalue weighted by Gasteiger charge is 2.54. The van der Waals surface area contributed by atoms with E-state index in [4.69, 9.17) is 0 Å². The van der Waals surface area contributed by atoms with Gasteiger partial charge in [-0.25, -0.2) is 0 Å². The third-order valence-corrected chi connectivity index (χ3v) is 7.84. The highest BCUT2D eigenvalue weighted by molar-refractivity contribution is 5.45. The highest BCUT2D eigenvalue weighted by Crippen LogP contribution is 2.63. The molecule has 0 spiro atoms. The Morgan fingerprint density at radius 1 is 1.25 bits per heavy atom. The zero-order chi connectivity index (χ0) is 16.9. The first-order valence-electron chi connectivity index (χ1n) is 9.80. The molecule has 3 aliphatic carbocycles. The fraction of sp³-hybridized carbons (Fsp3) is 0.682. The number of aromatic hydroxyl groups is 1. The summed E-state index contributed by atoms with van der Waals surface area (Å²) >= 11 is 0. The Labute approximate surface area is 145 Å². The van der Waals surface area contributed by atoms with Crippen molar-refractivity contribution in [3.05, 3.63) is 28.8 Å². The molecule has 0 radical (unpaired) electrons. The van der Waals surface area contributed by atoms with E-state index in [1.807, 2.05) is 6.07 Å². The molecule has 128 valence electrons. The molecule has 0 heterocycles. The van der Waals surface area contributed by atoms with Crippen LogP contribution in [0.4, 0.5) is 0 Å². The number of rotatable bonds is 2. The summed E-state index contributed by atoms with van der Waals surface area (Å²) in [4.78, 5) is 0. The smallest absolute Gasteiger partial charge is 0.119 e. The molecule has 5 atom stereocenters. The number of fused-ring (bicyclic) bond motifs is 5. The molecule has 3 aliphatic rings. The highest BCUT2D eigenvalue weighted by atomic mass is 16.3. The van der Waals surface area contributed by atoms with Crippen LogP contribution < -0.4 is 0 Å². The summed E-state index contributed by atoms with van der Waals surface area (Å²) in [5, 5.41) is 19.4. The molecule has 1 aromatic carbocycles. The van der Waals surface area contributed by atoms with E-state index in [0.717, 1.165) is 36.7 Å². The van der Waals surface area contributed by atoms with Crippen molar-refractivity contribution in [3.63, 3.8) is 0 Å². The Balaban J connectivity index is 1.68. The van der Waals surface area contributed by atoms with Gasteiger partial charge in [0.25, 0.3) is 0 Å². The SMILES string of the molecule is CCc1cc2c(cc1O)CCC1C2CCC2(C)C(CC#N)CCC12. The van der Waals surface area contributed by atoms with E-state index in [2.05, 4.69) is 26.0 Å². The fourth-order valence-electron chi connectivity index (χ4n) is 6.49. The predicted molar refractivity (Wildman–Crippen MR) is 95.8 cm³/mol. The number of phenolic OH excluding ortho intramolecular Hbond substituents is 1. The lowest BCUT2D eigenvalue weighted by molar-refractivity contribution is 0.0297. The second-order valence-electron chi connectivity index (χ2n) is 8.63. The number of nitrogens with zero attached hydrogens (tertiary/aromatic N) is 1. The van der Waals surface area contributed by atoms with Gasteiger partial charge in [-0.05, 0) is 96.8 Å². The van der Waals surface area contributed by atoms with Gasteiger partial charge in [0.15, 0.2) is 0 Å². The molecule has 1 aromatic rings. The molecule has 2 fully saturated rings. The zero-order valence-corrected chi connectivity index (χ0v) is 15.0. The topological polar surface area (TPSA) is 44.0 Å². The summed E-state index contributed by atoms with van der Waals surface area (Å²) in [6, 6.07) is 6.81. The number of nitriles is 1. The van der Waals surface area contributed by atoms with E-state index in [1.54, 1.807) is 0 Å². The summed E-state index contributed by atoms with van der Waals surface area (Å²) in [6.45, 7) is 4.61. The van der Waals surface area contributed by atoms with Gasteiger partial charge in [0.1, 0.15) is 5.75 Å². The molecule has 0 aromatic heterocycles. The van der Waals surface area contributed by atoms with Gasteiger partial charge in [0.2, 0.25) is 0 Å². The van der Waals surface area contributed by atoms with Crippen molar-refractivity contribution >= 4 is 0 Å². The van der Waals surface area contributed by atoms with Gasteiger partial charge in [0, 0.05) is 6.42 Å². The van der Waals surface area contributed by atoms with E-state index in [1.165, 1.54) is 43.2 Å². The molecule has 0 saturated heterocycles. The first-order chi connectivity index (χ1) is 11.6. The Kier molecular flexibility index (Phi) is 3.87. The van der Waals surface area contributed by atoms with Crippen LogP contribution in [0.2, 0.25) is 0 Å². The van der Waals surface area contributed by atoms with Gasteiger partial charge in [-0.3, -0.25) is 0 Å². The van der Waals surface area contributed by atoms with Gasteiger partial charge in [-0.1, -0.05) is 19.9 Å². The number of hydrogen-bond acceptors (Lipinski definition) is 2. The molecule has 24 heavy (non-hydrogen) atoms. The third-order valence-electron chi connectivity index (χ3n) is 7.84. The van der Waals surface area contributed by atoms with Crippen molar-refractivity contribution in [1.82, 2.24) is 0 Å². The van der Waals surface area contributed by atoms with Gasteiger partial charge in [-0.15, -0.1) is 0 Å². The molecule has 0 bridgehead atoms. The Bertz CT molecular complexity index is 688. The van der Waals surface area contributed by atoms with Crippen LogP contribution in [-0.4, -0.2) is 5.11 Å². The molecule has 0 amide bonds. The van der Waals surface area contributed by atoms with Crippen molar-refractivity contribution < 1.29 is 5.11 Å². The molecule has 4 rings (SSSR count). The monoisotopic (exact) mass is 323 g/mol. The summed E-state index contributed by atoms with van der Waals surface area (Å²) in [6.07, 6.45) is 9.13. The van der Waals surface area contributed by atoms with Crippen LogP contribution in [0.25, 0.3) is 0 Å². The minimum absolute atomic E-state index is 0.388. The van der Waals surface area contributed by atoms with Crippen molar-refractivity contribution in [2.24, 2.45) is 23.2 Å². The predicted octanol–water partition coefficient (Wildman–Crippen LogP) is 5.34. The summed E-state index contributed by atoms with van der Waals surface area (Å²) in [7, 11) is 0. The Hall–Kier alpha value is -1.49. The second kappa shape index (κ2) is 5.80. The number of hydrogen-bond donors (Lipinski definition) is 1. The van der Waals surface area contributed by atoms with E-state index in [9.17, 15) is 10.4 Å². The Morgan fingerprint density at radius 3 is 2.83 bits per heavy atom. The molecule has 2 heteroatoms. The Morgan fingerprint density at radius 2 is 2.08 bits per heavy atom. The van der Waals surface area contributed by atoms with Crippen LogP contribution in [0.3, 0.4) is 0 Å². The van der Waals surface area contributed by atoms with Crippen LogP contribution in [0.5, 0.6) is 5.75 Å². The average Bonchev–Trinajstić information content (AvgIpc) is 2.91. The van der Waals surface area contributed by atoms with Crippen molar-refractivity contribution in [2.75, 3.05) is 0 Å². The van der Waals surface area contributed by atoms with Gasteiger partial charge >= 0.3 is 0 Å². The first-order valence-corrected chi connectivity index (χ1v) is 9.80. The van der Waals surface area contributed by atoms with E-state index >= 15 is 0 Å². The summed E-state index contributed by atoms with van der Waals surface area (Å²) < 4.78 is 0. The lowest BCUT2D eigenvalue weighted by Crippen LogP contribution is -2.42. The quantitative estimate of drug-likeness (QED) is 0.798. The van der Waals surface area contributed by atoms with Crippen molar-refractivity contribution in [2.45, 2.75) is 71.1 Å². The molecule has 1 N–H and O–H groups in total. The first kappa shape index (κ1) is 16.0. The van der Waals surface area contributed by atoms with Crippen molar-refractivity contribution in [1.29, 1.82) is 5.26 Å². The molecule has 0 aliphatic heterocycles. The van der Waals surface area contributed by atoms with Crippen LogP contribution in [0.15, 0.2) is 12.1 Å². The van der Waals surface area contributed by atoms with E-state index in [0.29, 0.717) is 23.0 Å². The molecular formula is C22H29NO. The molecule has 5 unspecified atom stereocenters. The summed E-state index contributed by atoms with van der Waals surface area (Å²) in [5.74, 6) is 3.36. The van der Waals surface area contributed by atoms with Gasteiger partial charge in [-0.2, -0.15) is 5.26 Å². The van der Waals surface area contributed by atoms with Gasteiger partial charge < -0.3 is 5.11 Å². The zero-order valence-electron chi connectivity index (χ0n) is 15.0. The maximum Gasteiger partial charge on any atom is 0.119 e. The lowest BCUT2D eigenvalue weighted by atomic mass is 9.54. The molecular weight excluding hydrogens is 294 g/mol. The van der Waals surface area contributed by atoms with Crippen LogP contribution >= 0.6 is 0 Å². The average molecular weight is 323 g/mol. The van der Waals surface area contributed by atoms with E-state index in [-0.39, 0.29) is 0 Å². The van der Waals surface area contributed by atoms with Crippen LogP contribution in [0, 0.1) is 34.5 Å². The summed E-state index contributed by atoms with van der Waals surface area (Å²) in [5.41, 5.74) is 4.42. The minimum atomic E-state index is 0.388. The van der Waals surface area contributed by atoms with Crippen LogP contribution in [0.1, 0.15) is 75.0 Å². The minimum Gasteiger partial charge on any atom is -0.508 e. The van der Waals surface area contributed by atoms with Crippen molar-refractivity contribution in [3.8, 4) is 11.8 Å². The number of phenols is 1. The largest absolute Gasteiger partial charge is 0.508 e. The maximum absolute atomic E-state index is 10.2. The van der Waals surface area contributed by atoms with Gasteiger partial charge in [0.05, 0.1) is 6.07 Å². The number of aryl methyl sites for hydroxylation is 2. The number of benzene rings is 1. The third kappa shape index (κ3) is 2.20. The lowest BCUT2D eigenvalue weighted by Gasteiger charge is -2.51. The second-order valence-corrected chi connectivity index (χ2v) is 8.63. The van der Waals surface area contributed by atoms with E-state index < -0.39 is 0 Å². The fourth-order valence-corrected chi connectivity index (χ4v) is 6.49. The van der Waals surface area contributed by atoms with Crippen LogP contribution in [-0.2, 0) is 12.8 Å². The standard InChI is InChI=1S/C22H29NO/c1-3-14-12-19-15(13-21(14)24)4-6-18-17(19)8-10-22(2)16(9-11-23)5-7-20(18)22/h12-13,16-18,20,24H,3-10H2,1-2H3. The molecule has 2 nitrogen and oxygen atoms in total.